The molecule has 0 aromatic heterocycles. The molecule has 1 amide bonds. The first-order chi connectivity index (χ1) is 9.34. The minimum atomic E-state index is -0.255. The lowest BCUT2D eigenvalue weighted by atomic mass is 10.0. The number of hydrogen-bond donors (Lipinski definition) is 2. The summed E-state index contributed by atoms with van der Waals surface area (Å²) in [5.41, 5.74) is 4.80. The molecule has 0 saturated carbocycles. The Hall–Kier alpha value is -2.49. The second kappa shape index (κ2) is 5.02. The van der Waals surface area contributed by atoms with Gasteiger partial charge in [-0.2, -0.15) is 5.48 Å². The van der Waals surface area contributed by atoms with E-state index < -0.39 is 0 Å². The number of nitrogens with one attached hydrogen (secondary N) is 2. The van der Waals surface area contributed by atoms with Crippen molar-refractivity contribution in [2.75, 3.05) is 0 Å². The van der Waals surface area contributed by atoms with Gasteiger partial charge in [-0.05, 0) is 18.1 Å². The monoisotopic (exact) mass is 253 g/mol. The van der Waals surface area contributed by atoms with E-state index in [-0.39, 0.29) is 5.91 Å². The molecule has 1 aliphatic heterocycles. The standard InChI is InChI=1S/C15H13N2O2/c18-15-14(16-10-11-6-2-1-3-7-11)12-8-4-5-9-13(12)19-17-15/h1-7,9-10,16H,8H2,(H,17,18). The Labute approximate surface area is 111 Å². The Balaban J connectivity index is 1.82. The minimum absolute atomic E-state index is 0.255. The van der Waals surface area contributed by atoms with Gasteiger partial charge in [-0.1, -0.05) is 42.5 Å². The second-order valence-corrected chi connectivity index (χ2v) is 4.25. The van der Waals surface area contributed by atoms with Gasteiger partial charge in [0.25, 0.3) is 5.91 Å². The van der Waals surface area contributed by atoms with Gasteiger partial charge in [-0.3, -0.25) is 4.79 Å². The normalized spacial score (nSPS) is 17.3. The number of rotatable bonds is 3. The van der Waals surface area contributed by atoms with Gasteiger partial charge in [0.15, 0.2) is 5.76 Å². The molecule has 1 aromatic carbocycles. The van der Waals surface area contributed by atoms with Crippen LogP contribution < -0.4 is 10.8 Å². The zero-order chi connectivity index (χ0) is 13.1. The van der Waals surface area contributed by atoms with E-state index in [1.165, 1.54) is 0 Å². The van der Waals surface area contributed by atoms with Crippen LogP contribution in [-0.4, -0.2) is 5.91 Å². The third-order valence-corrected chi connectivity index (χ3v) is 2.97. The molecule has 2 aliphatic rings. The molecule has 0 bridgehead atoms. The maximum atomic E-state index is 11.8. The summed E-state index contributed by atoms with van der Waals surface area (Å²) in [6.45, 7) is 1.81. The van der Waals surface area contributed by atoms with Crippen LogP contribution >= 0.6 is 0 Å². The highest BCUT2D eigenvalue weighted by molar-refractivity contribution is 5.95. The molecule has 1 heterocycles. The van der Waals surface area contributed by atoms with Crippen LogP contribution in [0, 0.1) is 6.54 Å². The number of carbonyl (C=O) groups excluding carboxylic acids is 1. The summed E-state index contributed by atoms with van der Waals surface area (Å²) in [6, 6.07) is 9.78. The van der Waals surface area contributed by atoms with E-state index >= 15 is 0 Å². The van der Waals surface area contributed by atoms with Crippen LogP contribution in [0.25, 0.3) is 0 Å². The van der Waals surface area contributed by atoms with Gasteiger partial charge in [-0.25, -0.2) is 0 Å². The van der Waals surface area contributed by atoms with Crippen molar-refractivity contribution in [2.45, 2.75) is 6.42 Å². The summed E-state index contributed by atoms with van der Waals surface area (Å²) in [5.74, 6) is 0.431. The van der Waals surface area contributed by atoms with Gasteiger partial charge in [-0.15, -0.1) is 0 Å². The number of hydroxylamine groups is 1. The van der Waals surface area contributed by atoms with Crippen LogP contribution in [0.5, 0.6) is 0 Å². The lowest BCUT2D eigenvalue weighted by Crippen LogP contribution is -2.37. The van der Waals surface area contributed by atoms with Crippen molar-refractivity contribution in [1.82, 2.24) is 10.8 Å². The van der Waals surface area contributed by atoms with Crippen molar-refractivity contribution < 1.29 is 9.63 Å². The molecule has 0 saturated heterocycles. The Morgan fingerprint density at radius 1 is 1.26 bits per heavy atom. The fourth-order valence-corrected chi connectivity index (χ4v) is 2.01. The summed E-state index contributed by atoms with van der Waals surface area (Å²) in [4.78, 5) is 17.0. The molecule has 4 nitrogen and oxygen atoms in total. The quantitative estimate of drug-likeness (QED) is 0.865. The van der Waals surface area contributed by atoms with E-state index in [0.29, 0.717) is 17.9 Å². The molecule has 2 N–H and O–H groups in total. The minimum Gasteiger partial charge on any atom is -0.379 e. The van der Waals surface area contributed by atoms with Crippen molar-refractivity contribution in [3.05, 3.63) is 77.7 Å². The lowest BCUT2D eigenvalue weighted by molar-refractivity contribution is -0.128. The van der Waals surface area contributed by atoms with E-state index in [9.17, 15) is 4.79 Å². The molecule has 0 spiro atoms. The van der Waals surface area contributed by atoms with Gasteiger partial charge >= 0.3 is 0 Å². The smallest absolute Gasteiger partial charge is 0.300 e. The molecule has 1 aromatic rings. The largest absolute Gasteiger partial charge is 0.379 e. The molecule has 3 rings (SSSR count). The van der Waals surface area contributed by atoms with Gasteiger partial charge in [0.05, 0.1) is 6.54 Å². The average Bonchev–Trinajstić information content (AvgIpc) is 2.47. The fourth-order valence-electron chi connectivity index (χ4n) is 2.01. The van der Waals surface area contributed by atoms with Gasteiger partial charge in [0.1, 0.15) is 5.70 Å². The molecule has 0 fully saturated rings. The highest BCUT2D eigenvalue weighted by Crippen LogP contribution is 2.26. The SMILES string of the molecule is O=C1NOC2=CC=CCC2=C1N[CH]c1ccccc1. The van der Waals surface area contributed by atoms with Crippen LogP contribution in [0.3, 0.4) is 0 Å². The zero-order valence-corrected chi connectivity index (χ0v) is 10.2. The number of fused-ring (bicyclic) bond motifs is 1. The Morgan fingerprint density at radius 2 is 2.11 bits per heavy atom. The lowest BCUT2D eigenvalue weighted by Gasteiger charge is -2.24. The van der Waals surface area contributed by atoms with E-state index in [1.807, 2.05) is 55.1 Å². The first-order valence-electron chi connectivity index (χ1n) is 6.07. The predicted molar refractivity (Wildman–Crippen MR) is 71.1 cm³/mol. The third-order valence-electron chi connectivity index (χ3n) is 2.97. The molecule has 4 heteroatoms. The summed E-state index contributed by atoms with van der Waals surface area (Å²) in [5, 5.41) is 3.07. The zero-order valence-electron chi connectivity index (χ0n) is 10.2. The van der Waals surface area contributed by atoms with Crippen molar-refractivity contribution >= 4 is 5.91 Å². The van der Waals surface area contributed by atoms with E-state index in [0.717, 1.165) is 11.1 Å². The number of benzene rings is 1. The molecule has 95 valence electrons. The van der Waals surface area contributed by atoms with Crippen LogP contribution in [-0.2, 0) is 9.63 Å². The van der Waals surface area contributed by atoms with Crippen molar-refractivity contribution in [2.24, 2.45) is 0 Å². The Bertz CT molecular complexity index is 585. The molecule has 0 atom stereocenters. The van der Waals surface area contributed by atoms with Crippen molar-refractivity contribution in [1.29, 1.82) is 0 Å². The number of carbonyl (C=O) groups is 1. The summed E-state index contributed by atoms with van der Waals surface area (Å²) in [7, 11) is 0. The van der Waals surface area contributed by atoms with Crippen LogP contribution in [0.15, 0.2) is 65.6 Å². The van der Waals surface area contributed by atoms with Gasteiger partial charge in [0.2, 0.25) is 0 Å². The first-order valence-corrected chi connectivity index (χ1v) is 6.07. The summed E-state index contributed by atoms with van der Waals surface area (Å²) < 4.78 is 0. The molecular weight excluding hydrogens is 240 g/mol. The van der Waals surface area contributed by atoms with Crippen molar-refractivity contribution in [3.63, 3.8) is 0 Å². The first kappa shape index (κ1) is 11.6. The molecule has 1 aliphatic carbocycles. The molecular formula is C15H13N2O2. The topological polar surface area (TPSA) is 50.4 Å². The van der Waals surface area contributed by atoms with Gasteiger partial charge in [0, 0.05) is 5.57 Å². The Morgan fingerprint density at radius 3 is 2.95 bits per heavy atom. The van der Waals surface area contributed by atoms with Crippen LogP contribution in [0.1, 0.15) is 12.0 Å². The van der Waals surface area contributed by atoms with Crippen molar-refractivity contribution in [3.8, 4) is 0 Å². The van der Waals surface area contributed by atoms with E-state index in [2.05, 4.69) is 10.8 Å². The molecule has 19 heavy (non-hydrogen) atoms. The van der Waals surface area contributed by atoms with E-state index in [4.69, 9.17) is 4.84 Å². The predicted octanol–water partition coefficient (Wildman–Crippen LogP) is 1.95. The second-order valence-electron chi connectivity index (χ2n) is 4.25. The van der Waals surface area contributed by atoms with Gasteiger partial charge < -0.3 is 10.2 Å². The third kappa shape index (κ3) is 2.38. The van der Waals surface area contributed by atoms with Crippen LogP contribution in [0.2, 0.25) is 0 Å². The maximum absolute atomic E-state index is 11.8. The average molecular weight is 253 g/mol. The highest BCUT2D eigenvalue weighted by atomic mass is 16.7. The van der Waals surface area contributed by atoms with Crippen LogP contribution in [0.4, 0.5) is 0 Å². The number of amides is 1. The number of allylic oxidation sites excluding steroid dienone is 4. The highest BCUT2D eigenvalue weighted by Gasteiger charge is 2.25. The van der Waals surface area contributed by atoms with E-state index in [1.54, 1.807) is 0 Å². The Kier molecular flexibility index (Phi) is 3.06. The maximum Gasteiger partial charge on any atom is 0.300 e. The summed E-state index contributed by atoms with van der Waals surface area (Å²) >= 11 is 0. The molecule has 1 radical (unpaired) electrons. The fraction of sp³-hybridized carbons (Fsp3) is 0.0667. The number of hydrogen-bond acceptors (Lipinski definition) is 3. The molecule has 0 unspecified atom stereocenters. The summed E-state index contributed by atoms with van der Waals surface area (Å²) in [6.07, 6.45) is 6.42.